The second-order valence-corrected chi connectivity index (χ2v) is 5.87. The number of anilines is 2. The fraction of sp³-hybridized carbons (Fsp3) is 0.0526. The van der Waals surface area contributed by atoms with E-state index < -0.39 is 11.7 Å². The first kappa shape index (κ1) is 17.8. The molecule has 26 heavy (non-hydrogen) atoms. The lowest BCUT2D eigenvalue weighted by Gasteiger charge is -2.08. The molecule has 2 N–H and O–H groups in total. The first-order valence-electron chi connectivity index (χ1n) is 7.72. The van der Waals surface area contributed by atoms with Crippen molar-refractivity contribution in [1.82, 2.24) is 4.98 Å². The lowest BCUT2D eigenvalue weighted by Crippen LogP contribution is -2.14. The van der Waals surface area contributed by atoms with Crippen molar-refractivity contribution in [2.45, 2.75) is 6.54 Å². The van der Waals surface area contributed by atoms with E-state index >= 15 is 0 Å². The van der Waals surface area contributed by atoms with Gasteiger partial charge in [-0.2, -0.15) is 0 Å². The number of halogens is 3. The van der Waals surface area contributed by atoms with Crippen LogP contribution in [-0.2, 0) is 6.54 Å². The Balaban J connectivity index is 1.62. The summed E-state index contributed by atoms with van der Waals surface area (Å²) in [4.78, 5) is 16.2. The van der Waals surface area contributed by atoms with Crippen molar-refractivity contribution in [3.8, 4) is 0 Å². The molecule has 3 rings (SSSR count). The molecule has 0 saturated heterocycles. The number of pyridine rings is 1. The fourth-order valence-corrected chi connectivity index (χ4v) is 2.42. The Morgan fingerprint density at radius 2 is 1.77 bits per heavy atom. The Kier molecular flexibility index (Phi) is 5.43. The van der Waals surface area contributed by atoms with Crippen molar-refractivity contribution >= 4 is 28.9 Å². The number of rotatable bonds is 5. The Morgan fingerprint density at radius 1 is 1.00 bits per heavy atom. The summed E-state index contributed by atoms with van der Waals surface area (Å²) in [6.07, 6.45) is 1.48. The van der Waals surface area contributed by atoms with Crippen LogP contribution in [0.2, 0.25) is 5.02 Å². The number of nitrogens with zero attached hydrogens (tertiary/aromatic N) is 1. The zero-order valence-electron chi connectivity index (χ0n) is 13.5. The van der Waals surface area contributed by atoms with Crippen LogP contribution in [0.4, 0.5) is 20.2 Å². The molecule has 4 nitrogen and oxygen atoms in total. The van der Waals surface area contributed by atoms with E-state index in [0.29, 0.717) is 23.5 Å². The number of aromatic nitrogens is 1. The van der Waals surface area contributed by atoms with Gasteiger partial charge in [-0.3, -0.25) is 4.79 Å². The van der Waals surface area contributed by atoms with Gasteiger partial charge >= 0.3 is 0 Å². The summed E-state index contributed by atoms with van der Waals surface area (Å²) >= 11 is 5.68. The molecule has 3 aromatic rings. The number of benzene rings is 2. The van der Waals surface area contributed by atoms with Gasteiger partial charge in [0.15, 0.2) is 0 Å². The molecule has 0 fully saturated rings. The lowest BCUT2D eigenvalue weighted by molar-refractivity contribution is 0.102. The fourth-order valence-electron chi connectivity index (χ4n) is 2.24. The average molecular weight is 374 g/mol. The molecule has 1 aromatic heterocycles. The topological polar surface area (TPSA) is 54.0 Å². The minimum atomic E-state index is -0.562. The van der Waals surface area contributed by atoms with Crippen LogP contribution in [0.3, 0.4) is 0 Å². The zero-order chi connectivity index (χ0) is 18.5. The predicted octanol–water partition coefficient (Wildman–Crippen LogP) is 4.88. The first-order valence-corrected chi connectivity index (χ1v) is 8.10. The monoisotopic (exact) mass is 373 g/mol. The second kappa shape index (κ2) is 7.93. The summed E-state index contributed by atoms with van der Waals surface area (Å²) in [6, 6.07) is 13.6. The molecule has 7 heteroatoms. The number of hydrogen-bond acceptors (Lipinski definition) is 3. The Labute approximate surface area is 153 Å². The maximum Gasteiger partial charge on any atom is 0.274 e. The SMILES string of the molecule is O=C(Nc1ccc(F)c(Cl)c1)c1ccc(NCc2ccccc2F)cn1. The molecule has 0 spiro atoms. The van der Waals surface area contributed by atoms with Gasteiger partial charge in [-0.15, -0.1) is 0 Å². The highest BCUT2D eigenvalue weighted by atomic mass is 35.5. The third-order valence-corrected chi connectivity index (χ3v) is 3.90. The van der Waals surface area contributed by atoms with Crippen molar-refractivity contribution < 1.29 is 13.6 Å². The Morgan fingerprint density at radius 3 is 2.46 bits per heavy atom. The van der Waals surface area contributed by atoms with E-state index in [9.17, 15) is 13.6 Å². The lowest BCUT2D eigenvalue weighted by atomic mass is 10.2. The summed E-state index contributed by atoms with van der Waals surface area (Å²) in [5.74, 6) is -1.30. The van der Waals surface area contributed by atoms with Gasteiger partial charge in [-0.05, 0) is 36.4 Å². The van der Waals surface area contributed by atoms with Gasteiger partial charge in [0.1, 0.15) is 17.3 Å². The van der Waals surface area contributed by atoms with E-state index in [4.69, 9.17) is 11.6 Å². The quantitative estimate of drug-likeness (QED) is 0.670. The maximum atomic E-state index is 13.6. The predicted molar refractivity (Wildman–Crippen MR) is 97.3 cm³/mol. The van der Waals surface area contributed by atoms with Gasteiger partial charge in [0.2, 0.25) is 0 Å². The third kappa shape index (κ3) is 4.34. The van der Waals surface area contributed by atoms with Gasteiger partial charge in [0.25, 0.3) is 5.91 Å². The number of carbonyl (C=O) groups is 1. The third-order valence-electron chi connectivity index (χ3n) is 3.61. The van der Waals surface area contributed by atoms with E-state index in [-0.39, 0.29) is 16.5 Å². The van der Waals surface area contributed by atoms with Crippen LogP contribution in [-0.4, -0.2) is 10.9 Å². The van der Waals surface area contributed by atoms with Crippen molar-refractivity contribution in [3.05, 3.63) is 88.7 Å². The van der Waals surface area contributed by atoms with Crippen LogP contribution in [0.1, 0.15) is 16.1 Å². The Hall–Kier alpha value is -2.99. The molecule has 0 aliphatic rings. The number of nitrogens with one attached hydrogen (secondary N) is 2. The number of carbonyl (C=O) groups excluding carboxylic acids is 1. The summed E-state index contributed by atoms with van der Waals surface area (Å²) in [5, 5.41) is 5.55. The molecule has 0 aliphatic heterocycles. The molecule has 0 saturated carbocycles. The normalized spacial score (nSPS) is 10.4. The molecule has 132 valence electrons. The van der Waals surface area contributed by atoms with Crippen LogP contribution >= 0.6 is 11.6 Å². The summed E-state index contributed by atoms with van der Waals surface area (Å²) in [6.45, 7) is 0.300. The van der Waals surface area contributed by atoms with Gasteiger partial charge in [-0.25, -0.2) is 13.8 Å². The number of amides is 1. The average Bonchev–Trinajstić information content (AvgIpc) is 2.64. The highest BCUT2D eigenvalue weighted by Crippen LogP contribution is 2.20. The summed E-state index contributed by atoms with van der Waals surface area (Å²) < 4.78 is 26.7. The molecule has 0 aliphatic carbocycles. The van der Waals surface area contributed by atoms with E-state index in [0.717, 1.165) is 0 Å². The van der Waals surface area contributed by atoms with Crippen molar-refractivity contribution in [1.29, 1.82) is 0 Å². The van der Waals surface area contributed by atoms with E-state index in [2.05, 4.69) is 15.6 Å². The number of hydrogen-bond donors (Lipinski definition) is 2. The van der Waals surface area contributed by atoms with Gasteiger partial charge in [0, 0.05) is 17.8 Å². The molecule has 0 atom stereocenters. The van der Waals surface area contributed by atoms with Gasteiger partial charge in [-0.1, -0.05) is 29.8 Å². The van der Waals surface area contributed by atoms with Gasteiger partial charge < -0.3 is 10.6 Å². The van der Waals surface area contributed by atoms with Crippen LogP contribution in [0.25, 0.3) is 0 Å². The highest BCUT2D eigenvalue weighted by Gasteiger charge is 2.09. The van der Waals surface area contributed by atoms with Crippen LogP contribution < -0.4 is 10.6 Å². The smallest absolute Gasteiger partial charge is 0.274 e. The molecule has 0 bridgehead atoms. The highest BCUT2D eigenvalue weighted by molar-refractivity contribution is 6.31. The van der Waals surface area contributed by atoms with Crippen LogP contribution in [0, 0.1) is 11.6 Å². The van der Waals surface area contributed by atoms with E-state index in [1.807, 2.05) is 0 Å². The minimum Gasteiger partial charge on any atom is -0.380 e. The molecule has 2 aromatic carbocycles. The first-order chi connectivity index (χ1) is 12.5. The van der Waals surface area contributed by atoms with E-state index in [1.54, 1.807) is 24.3 Å². The zero-order valence-corrected chi connectivity index (χ0v) is 14.2. The Bertz CT molecular complexity index is 932. The largest absolute Gasteiger partial charge is 0.380 e. The van der Waals surface area contributed by atoms with Crippen LogP contribution in [0.15, 0.2) is 60.8 Å². The van der Waals surface area contributed by atoms with Crippen molar-refractivity contribution in [2.75, 3.05) is 10.6 Å². The molecular weight excluding hydrogens is 360 g/mol. The van der Waals surface area contributed by atoms with Crippen molar-refractivity contribution in [3.63, 3.8) is 0 Å². The molecule has 1 amide bonds. The molecule has 0 radical (unpaired) electrons. The molecular formula is C19H14ClF2N3O. The standard InChI is InChI=1S/C19H14ClF2N3O/c20-15-9-13(5-7-17(15)22)25-19(26)18-8-6-14(11-24-18)23-10-12-3-1-2-4-16(12)21/h1-9,11,23H,10H2,(H,25,26). The second-order valence-electron chi connectivity index (χ2n) is 5.46. The summed E-state index contributed by atoms with van der Waals surface area (Å²) in [5.41, 5.74) is 1.73. The summed E-state index contributed by atoms with van der Waals surface area (Å²) in [7, 11) is 0. The minimum absolute atomic E-state index is 0.0801. The maximum absolute atomic E-state index is 13.6. The van der Waals surface area contributed by atoms with Crippen molar-refractivity contribution in [2.24, 2.45) is 0 Å². The molecule has 1 heterocycles. The van der Waals surface area contributed by atoms with E-state index in [1.165, 1.54) is 36.5 Å². The van der Waals surface area contributed by atoms with Crippen LogP contribution in [0.5, 0.6) is 0 Å². The van der Waals surface area contributed by atoms with Gasteiger partial charge in [0.05, 0.1) is 16.9 Å². The molecule has 0 unspecified atom stereocenters.